The fourth-order valence-corrected chi connectivity index (χ4v) is 2.25. The summed E-state index contributed by atoms with van der Waals surface area (Å²) in [7, 11) is 1.62. The third-order valence-electron chi connectivity index (χ3n) is 2.90. The van der Waals surface area contributed by atoms with Crippen molar-refractivity contribution in [2.75, 3.05) is 20.3 Å². The Morgan fingerprint density at radius 2 is 2.22 bits per heavy atom. The lowest BCUT2D eigenvalue weighted by molar-refractivity contribution is -0.167. The topological polar surface area (TPSA) is 47.9 Å². The molecule has 1 aliphatic rings. The van der Waals surface area contributed by atoms with Crippen molar-refractivity contribution in [3.05, 3.63) is 28.7 Å². The molecule has 100 valence electrons. The van der Waals surface area contributed by atoms with Gasteiger partial charge in [0.1, 0.15) is 18.0 Å². The summed E-state index contributed by atoms with van der Waals surface area (Å²) >= 11 is 3.39. The molecule has 1 aromatic rings. The Morgan fingerprint density at radius 3 is 2.89 bits per heavy atom. The minimum Gasteiger partial charge on any atom is -0.487 e. The predicted molar refractivity (Wildman–Crippen MR) is 70.8 cm³/mol. The highest BCUT2D eigenvalue weighted by Gasteiger charge is 2.42. The van der Waals surface area contributed by atoms with Crippen molar-refractivity contribution >= 4 is 15.9 Å². The molecule has 18 heavy (non-hydrogen) atoms. The van der Waals surface area contributed by atoms with Crippen LogP contribution in [0.1, 0.15) is 6.42 Å². The first-order valence-corrected chi connectivity index (χ1v) is 6.71. The van der Waals surface area contributed by atoms with Crippen molar-refractivity contribution < 1.29 is 19.3 Å². The molecule has 4 nitrogen and oxygen atoms in total. The molecule has 0 aliphatic heterocycles. The molecule has 1 saturated carbocycles. The normalized spacial score (nSPS) is 26.7. The molecule has 2 rings (SSSR count). The standard InChI is InChI=1S/C13H17BrO4/c1-16-5-6-17-13-11(15)8-12(13)18-10-4-2-3-9(14)7-10/h2-4,7,11-13,15H,5-6,8H2,1H3. The van der Waals surface area contributed by atoms with Gasteiger partial charge in [-0.15, -0.1) is 0 Å². The quantitative estimate of drug-likeness (QED) is 0.815. The van der Waals surface area contributed by atoms with Crippen molar-refractivity contribution in [1.82, 2.24) is 0 Å². The summed E-state index contributed by atoms with van der Waals surface area (Å²) in [5.74, 6) is 0.779. The van der Waals surface area contributed by atoms with Gasteiger partial charge in [0.05, 0.1) is 19.3 Å². The van der Waals surface area contributed by atoms with E-state index in [0.29, 0.717) is 19.6 Å². The summed E-state index contributed by atoms with van der Waals surface area (Å²) in [6, 6.07) is 7.64. The first kappa shape index (κ1) is 13.8. The number of hydrogen-bond donors (Lipinski definition) is 1. The lowest BCUT2D eigenvalue weighted by Crippen LogP contribution is -2.55. The molecule has 3 unspecified atom stereocenters. The van der Waals surface area contributed by atoms with Gasteiger partial charge in [-0.25, -0.2) is 0 Å². The molecule has 5 heteroatoms. The van der Waals surface area contributed by atoms with Crippen LogP contribution in [-0.4, -0.2) is 43.7 Å². The Hall–Kier alpha value is -0.620. The van der Waals surface area contributed by atoms with E-state index in [9.17, 15) is 5.11 Å². The predicted octanol–water partition coefficient (Wildman–Crippen LogP) is 1.99. The second kappa shape index (κ2) is 6.52. The third kappa shape index (κ3) is 3.45. The SMILES string of the molecule is COCCOC1C(O)CC1Oc1cccc(Br)c1. The van der Waals surface area contributed by atoms with Crippen molar-refractivity contribution in [2.24, 2.45) is 0 Å². The van der Waals surface area contributed by atoms with Crippen LogP contribution in [0, 0.1) is 0 Å². The summed E-state index contributed by atoms with van der Waals surface area (Å²) < 4.78 is 17.2. The minimum absolute atomic E-state index is 0.0915. The van der Waals surface area contributed by atoms with Gasteiger partial charge in [-0.05, 0) is 18.2 Å². The molecule has 3 atom stereocenters. The summed E-state index contributed by atoms with van der Waals surface area (Å²) in [5, 5.41) is 9.65. The second-order valence-electron chi connectivity index (χ2n) is 4.24. The number of aliphatic hydroxyl groups excluding tert-OH is 1. The summed E-state index contributed by atoms with van der Waals surface area (Å²) in [4.78, 5) is 0. The molecule has 0 bridgehead atoms. The van der Waals surface area contributed by atoms with Crippen LogP contribution in [0.3, 0.4) is 0 Å². The Morgan fingerprint density at radius 1 is 1.39 bits per heavy atom. The summed E-state index contributed by atoms with van der Waals surface area (Å²) in [5.41, 5.74) is 0. The van der Waals surface area contributed by atoms with Crippen LogP contribution in [0.4, 0.5) is 0 Å². The van der Waals surface area contributed by atoms with Crippen molar-refractivity contribution in [2.45, 2.75) is 24.7 Å². The first-order valence-electron chi connectivity index (χ1n) is 5.91. The van der Waals surface area contributed by atoms with E-state index in [1.165, 1.54) is 0 Å². The fraction of sp³-hybridized carbons (Fsp3) is 0.538. The highest BCUT2D eigenvalue weighted by molar-refractivity contribution is 9.10. The lowest BCUT2D eigenvalue weighted by atomic mass is 9.88. The smallest absolute Gasteiger partial charge is 0.130 e. The van der Waals surface area contributed by atoms with E-state index in [2.05, 4.69) is 15.9 Å². The highest BCUT2D eigenvalue weighted by Crippen LogP contribution is 2.30. The molecular weight excluding hydrogens is 300 g/mol. The van der Waals surface area contributed by atoms with Gasteiger partial charge in [0.25, 0.3) is 0 Å². The monoisotopic (exact) mass is 316 g/mol. The molecule has 1 fully saturated rings. The van der Waals surface area contributed by atoms with Gasteiger partial charge in [0.2, 0.25) is 0 Å². The van der Waals surface area contributed by atoms with Crippen molar-refractivity contribution in [1.29, 1.82) is 0 Å². The molecule has 0 radical (unpaired) electrons. The number of aliphatic hydroxyl groups is 1. The molecule has 0 amide bonds. The average Bonchev–Trinajstić information content (AvgIpc) is 2.34. The number of hydrogen-bond acceptors (Lipinski definition) is 4. The zero-order valence-electron chi connectivity index (χ0n) is 10.2. The van der Waals surface area contributed by atoms with Gasteiger partial charge in [0.15, 0.2) is 0 Å². The second-order valence-corrected chi connectivity index (χ2v) is 5.16. The number of ether oxygens (including phenoxy) is 3. The zero-order valence-corrected chi connectivity index (χ0v) is 11.8. The molecule has 1 aromatic carbocycles. The van der Waals surface area contributed by atoms with Gasteiger partial charge >= 0.3 is 0 Å². The van der Waals surface area contributed by atoms with Gasteiger partial charge in [-0.2, -0.15) is 0 Å². The van der Waals surface area contributed by atoms with E-state index < -0.39 is 6.10 Å². The largest absolute Gasteiger partial charge is 0.487 e. The Kier molecular flexibility index (Phi) is 5.00. The van der Waals surface area contributed by atoms with Crippen LogP contribution in [0.25, 0.3) is 0 Å². The first-order chi connectivity index (χ1) is 8.70. The maximum absolute atomic E-state index is 9.65. The molecule has 1 aliphatic carbocycles. The summed E-state index contributed by atoms with van der Waals surface area (Å²) in [6.45, 7) is 0.989. The molecule has 0 saturated heterocycles. The fourth-order valence-electron chi connectivity index (χ4n) is 1.87. The maximum Gasteiger partial charge on any atom is 0.130 e. The van der Waals surface area contributed by atoms with Crippen LogP contribution in [0.15, 0.2) is 28.7 Å². The van der Waals surface area contributed by atoms with Crippen LogP contribution in [-0.2, 0) is 9.47 Å². The Bertz CT molecular complexity index is 385. The van der Waals surface area contributed by atoms with E-state index in [4.69, 9.17) is 14.2 Å². The van der Waals surface area contributed by atoms with Gasteiger partial charge in [-0.3, -0.25) is 0 Å². The van der Waals surface area contributed by atoms with Crippen molar-refractivity contribution in [3.8, 4) is 5.75 Å². The van der Waals surface area contributed by atoms with E-state index in [-0.39, 0.29) is 12.2 Å². The molecule has 0 heterocycles. The van der Waals surface area contributed by atoms with Crippen LogP contribution in [0.5, 0.6) is 5.75 Å². The Labute approximate surface area is 115 Å². The Balaban J connectivity index is 1.85. The van der Waals surface area contributed by atoms with Gasteiger partial charge in [-0.1, -0.05) is 22.0 Å². The number of benzene rings is 1. The number of halogens is 1. The van der Waals surface area contributed by atoms with Crippen molar-refractivity contribution in [3.63, 3.8) is 0 Å². The van der Waals surface area contributed by atoms with E-state index in [1.807, 2.05) is 24.3 Å². The molecule has 0 spiro atoms. The van der Waals surface area contributed by atoms with Gasteiger partial charge in [0, 0.05) is 18.0 Å². The molecular formula is C13H17BrO4. The van der Waals surface area contributed by atoms with Crippen LogP contribution in [0.2, 0.25) is 0 Å². The highest BCUT2D eigenvalue weighted by atomic mass is 79.9. The lowest BCUT2D eigenvalue weighted by Gasteiger charge is -2.40. The van der Waals surface area contributed by atoms with Crippen LogP contribution >= 0.6 is 15.9 Å². The van der Waals surface area contributed by atoms with E-state index in [0.717, 1.165) is 10.2 Å². The van der Waals surface area contributed by atoms with E-state index in [1.54, 1.807) is 7.11 Å². The third-order valence-corrected chi connectivity index (χ3v) is 3.39. The summed E-state index contributed by atoms with van der Waals surface area (Å²) in [6.07, 6.45) is -0.200. The van der Waals surface area contributed by atoms with Crippen LogP contribution < -0.4 is 4.74 Å². The van der Waals surface area contributed by atoms with E-state index >= 15 is 0 Å². The average molecular weight is 317 g/mol. The molecule has 1 N–H and O–H groups in total. The number of methoxy groups -OCH3 is 1. The maximum atomic E-state index is 9.65. The van der Waals surface area contributed by atoms with Gasteiger partial charge < -0.3 is 19.3 Å². The minimum atomic E-state index is -0.445. The zero-order chi connectivity index (χ0) is 13.0. The molecule has 0 aromatic heterocycles. The number of rotatable bonds is 6.